The van der Waals surface area contributed by atoms with Crippen molar-refractivity contribution in [3.8, 4) is 5.88 Å². The Morgan fingerprint density at radius 1 is 1.53 bits per heavy atom. The molecule has 0 aliphatic carbocycles. The molecule has 1 aliphatic heterocycles. The molecule has 106 valence electrons. The highest BCUT2D eigenvalue weighted by Crippen LogP contribution is 2.17. The highest BCUT2D eigenvalue weighted by Gasteiger charge is 2.13. The zero-order valence-electron chi connectivity index (χ0n) is 10.6. The maximum absolute atomic E-state index is 12.0. The molecule has 1 N–H and O–H groups in total. The number of nitrogens with one attached hydrogen (secondary N) is 1. The molecule has 0 saturated carbocycles. The van der Waals surface area contributed by atoms with E-state index in [1.807, 2.05) is 17.8 Å². The first-order valence-corrected chi connectivity index (χ1v) is 7.56. The predicted molar refractivity (Wildman–Crippen MR) is 72.9 cm³/mol. The summed E-state index contributed by atoms with van der Waals surface area (Å²) in [5.41, 5.74) is 1.01. The fraction of sp³-hybridized carbons (Fsp3) is 0.615. The molecule has 3 nitrogen and oxygen atoms in total. The van der Waals surface area contributed by atoms with Crippen molar-refractivity contribution in [2.75, 3.05) is 18.1 Å². The second kappa shape index (κ2) is 7.65. The summed E-state index contributed by atoms with van der Waals surface area (Å²) in [7, 11) is 0. The standard InChI is InChI=1S/C13H18F2N2OS/c14-12(15)8-18-13-6-10(3-4-16-13)7-17-11-2-1-5-19-9-11/h3-4,6,11-12,17H,1-2,5,7-9H2/t11-/m0/s1. The Bertz CT molecular complexity index is 387. The summed E-state index contributed by atoms with van der Waals surface area (Å²) in [5, 5.41) is 3.48. The van der Waals surface area contributed by atoms with E-state index in [1.54, 1.807) is 12.3 Å². The van der Waals surface area contributed by atoms with Gasteiger partial charge in [0.1, 0.15) is 0 Å². The van der Waals surface area contributed by atoms with Crippen molar-refractivity contribution in [3.05, 3.63) is 23.9 Å². The van der Waals surface area contributed by atoms with Crippen LogP contribution in [0.5, 0.6) is 5.88 Å². The average molecular weight is 288 g/mol. The number of hydrogen-bond donors (Lipinski definition) is 1. The van der Waals surface area contributed by atoms with E-state index < -0.39 is 13.0 Å². The molecule has 1 aromatic heterocycles. The summed E-state index contributed by atoms with van der Waals surface area (Å²) in [6.07, 6.45) is 1.57. The lowest BCUT2D eigenvalue weighted by atomic mass is 10.1. The molecule has 0 aromatic carbocycles. The lowest BCUT2D eigenvalue weighted by Gasteiger charge is -2.22. The minimum Gasteiger partial charge on any atom is -0.472 e. The van der Waals surface area contributed by atoms with E-state index in [2.05, 4.69) is 10.3 Å². The quantitative estimate of drug-likeness (QED) is 0.873. The van der Waals surface area contributed by atoms with Crippen LogP contribution in [0.1, 0.15) is 18.4 Å². The van der Waals surface area contributed by atoms with Crippen LogP contribution in [0.15, 0.2) is 18.3 Å². The third-order valence-corrected chi connectivity index (χ3v) is 4.13. The highest BCUT2D eigenvalue weighted by molar-refractivity contribution is 7.99. The summed E-state index contributed by atoms with van der Waals surface area (Å²) >= 11 is 1.97. The molecule has 1 aliphatic rings. The van der Waals surface area contributed by atoms with Gasteiger partial charge >= 0.3 is 0 Å². The summed E-state index contributed by atoms with van der Waals surface area (Å²) < 4.78 is 29.0. The van der Waals surface area contributed by atoms with E-state index in [4.69, 9.17) is 4.74 Å². The molecular weight excluding hydrogens is 270 g/mol. The van der Waals surface area contributed by atoms with Gasteiger partial charge in [-0.2, -0.15) is 11.8 Å². The molecule has 6 heteroatoms. The van der Waals surface area contributed by atoms with Gasteiger partial charge in [-0.25, -0.2) is 13.8 Å². The van der Waals surface area contributed by atoms with Gasteiger partial charge in [0.2, 0.25) is 5.88 Å². The molecule has 0 radical (unpaired) electrons. The lowest BCUT2D eigenvalue weighted by molar-refractivity contribution is 0.0795. The van der Waals surface area contributed by atoms with Crippen molar-refractivity contribution in [2.24, 2.45) is 0 Å². The Kier molecular flexibility index (Phi) is 5.85. The van der Waals surface area contributed by atoms with Gasteiger partial charge < -0.3 is 10.1 Å². The molecule has 2 rings (SSSR count). The first kappa shape index (κ1) is 14.5. The molecule has 2 heterocycles. The second-order valence-corrected chi connectivity index (χ2v) is 5.65. The Balaban J connectivity index is 1.80. The normalized spacial score (nSPS) is 19.6. The van der Waals surface area contributed by atoms with Crippen molar-refractivity contribution in [3.63, 3.8) is 0 Å². The summed E-state index contributed by atoms with van der Waals surface area (Å²) in [6.45, 7) is 0.113. The van der Waals surface area contributed by atoms with Crippen LogP contribution in [0.4, 0.5) is 8.78 Å². The Morgan fingerprint density at radius 3 is 3.16 bits per heavy atom. The number of alkyl halides is 2. The van der Waals surface area contributed by atoms with Crippen molar-refractivity contribution in [1.29, 1.82) is 0 Å². The SMILES string of the molecule is FC(F)COc1cc(CN[C@H]2CCCSC2)ccn1. The zero-order chi connectivity index (χ0) is 13.5. The molecule has 1 atom stereocenters. The van der Waals surface area contributed by atoms with Crippen LogP contribution in [0.25, 0.3) is 0 Å². The van der Waals surface area contributed by atoms with Crippen molar-refractivity contribution < 1.29 is 13.5 Å². The topological polar surface area (TPSA) is 34.1 Å². The number of hydrogen-bond acceptors (Lipinski definition) is 4. The molecule has 1 saturated heterocycles. The number of rotatable bonds is 6. The molecule has 1 fully saturated rings. The van der Waals surface area contributed by atoms with Crippen LogP contribution in [0.3, 0.4) is 0 Å². The summed E-state index contributed by atoms with van der Waals surface area (Å²) in [5.74, 6) is 2.65. The van der Waals surface area contributed by atoms with Crippen LogP contribution >= 0.6 is 11.8 Å². The van der Waals surface area contributed by atoms with E-state index in [-0.39, 0.29) is 5.88 Å². The first-order chi connectivity index (χ1) is 9.24. The van der Waals surface area contributed by atoms with Crippen molar-refractivity contribution >= 4 is 11.8 Å². The first-order valence-electron chi connectivity index (χ1n) is 6.41. The second-order valence-electron chi connectivity index (χ2n) is 4.50. The highest BCUT2D eigenvalue weighted by atomic mass is 32.2. The molecular formula is C13H18F2N2OS. The summed E-state index contributed by atoms with van der Waals surface area (Å²) in [6, 6.07) is 4.13. The van der Waals surface area contributed by atoms with Crippen molar-refractivity contribution in [1.82, 2.24) is 10.3 Å². The van der Waals surface area contributed by atoms with E-state index in [9.17, 15) is 8.78 Å². The number of halogens is 2. The fourth-order valence-electron chi connectivity index (χ4n) is 1.95. The number of aromatic nitrogens is 1. The fourth-order valence-corrected chi connectivity index (χ4v) is 3.06. The van der Waals surface area contributed by atoms with Gasteiger partial charge in [-0.05, 0) is 30.2 Å². The van der Waals surface area contributed by atoms with Crippen LogP contribution in [-0.2, 0) is 6.54 Å². The van der Waals surface area contributed by atoms with Crippen LogP contribution in [0.2, 0.25) is 0 Å². The summed E-state index contributed by atoms with van der Waals surface area (Å²) in [4.78, 5) is 3.92. The van der Waals surface area contributed by atoms with Gasteiger partial charge in [-0.1, -0.05) is 0 Å². The minimum atomic E-state index is -2.47. The smallest absolute Gasteiger partial charge is 0.272 e. The molecule has 1 aromatic rings. The van der Waals surface area contributed by atoms with E-state index in [1.165, 1.54) is 18.6 Å². The van der Waals surface area contributed by atoms with Gasteiger partial charge in [-0.15, -0.1) is 0 Å². The Hall–Kier alpha value is -0.880. The Labute approximate surface area is 116 Å². The molecule has 0 amide bonds. The van der Waals surface area contributed by atoms with Crippen LogP contribution in [-0.4, -0.2) is 35.6 Å². The molecule has 0 unspecified atom stereocenters. The number of thioether (sulfide) groups is 1. The monoisotopic (exact) mass is 288 g/mol. The van der Waals surface area contributed by atoms with Gasteiger partial charge in [0.15, 0.2) is 6.61 Å². The lowest BCUT2D eigenvalue weighted by Crippen LogP contribution is -2.33. The van der Waals surface area contributed by atoms with Gasteiger partial charge in [0.25, 0.3) is 6.43 Å². The Morgan fingerprint density at radius 2 is 2.42 bits per heavy atom. The van der Waals surface area contributed by atoms with Crippen LogP contribution in [0, 0.1) is 0 Å². The van der Waals surface area contributed by atoms with E-state index in [0.717, 1.165) is 17.9 Å². The number of pyridine rings is 1. The van der Waals surface area contributed by atoms with E-state index >= 15 is 0 Å². The van der Waals surface area contributed by atoms with Crippen LogP contribution < -0.4 is 10.1 Å². The zero-order valence-corrected chi connectivity index (χ0v) is 11.5. The van der Waals surface area contributed by atoms with E-state index in [0.29, 0.717) is 6.04 Å². The number of ether oxygens (including phenoxy) is 1. The molecule has 0 spiro atoms. The maximum Gasteiger partial charge on any atom is 0.272 e. The van der Waals surface area contributed by atoms with Gasteiger partial charge in [-0.3, -0.25) is 0 Å². The average Bonchev–Trinajstić information content (AvgIpc) is 2.44. The minimum absolute atomic E-state index is 0.262. The van der Waals surface area contributed by atoms with Gasteiger partial charge in [0.05, 0.1) is 0 Å². The number of nitrogens with zero attached hydrogens (tertiary/aromatic N) is 1. The third-order valence-electron chi connectivity index (χ3n) is 2.91. The molecule has 0 bridgehead atoms. The third kappa shape index (κ3) is 5.32. The van der Waals surface area contributed by atoms with Crippen molar-refractivity contribution in [2.45, 2.75) is 31.9 Å². The largest absolute Gasteiger partial charge is 0.472 e. The predicted octanol–water partition coefficient (Wildman–Crippen LogP) is 2.71. The maximum atomic E-state index is 12.0. The van der Waals surface area contributed by atoms with Gasteiger partial charge in [0, 0.05) is 30.6 Å². The molecule has 19 heavy (non-hydrogen) atoms.